The quantitative estimate of drug-likeness (QED) is 0.329. The van der Waals surface area contributed by atoms with Gasteiger partial charge in [0.05, 0.1) is 18.0 Å². The molecule has 1 fully saturated rings. The summed E-state index contributed by atoms with van der Waals surface area (Å²) < 4.78 is 58.6. The molecule has 1 saturated heterocycles. The first-order valence-electron chi connectivity index (χ1n) is 12.5. The zero-order chi connectivity index (χ0) is 28.6. The molecule has 0 spiro atoms. The Balaban J connectivity index is 1.53. The van der Waals surface area contributed by atoms with Crippen molar-refractivity contribution in [2.75, 3.05) is 31.1 Å². The lowest BCUT2D eigenvalue weighted by molar-refractivity contribution is 0.381. The van der Waals surface area contributed by atoms with Crippen molar-refractivity contribution in [3.05, 3.63) is 86.6 Å². The van der Waals surface area contributed by atoms with Crippen LogP contribution in [0.15, 0.2) is 63.0 Å². The minimum atomic E-state index is -3.67. The molecule has 4 aromatic rings. The third kappa shape index (κ3) is 4.80. The second-order valence-electron chi connectivity index (χ2n) is 9.28. The fourth-order valence-corrected chi connectivity index (χ4v) is 6.18. The molecule has 0 unspecified atom stereocenters. The molecule has 2 aromatic heterocycles. The molecular weight excluding hydrogens is 542 g/mol. The van der Waals surface area contributed by atoms with Crippen molar-refractivity contribution in [1.82, 2.24) is 23.0 Å². The first-order valence-corrected chi connectivity index (χ1v) is 13.9. The van der Waals surface area contributed by atoms with E-state index in [-0.39, 0.29) is 47.8 Å². The van der Waals surface area contributed by atoms with Gasteiger partial charge in [0.2, 0.25) is 16.0 Å². The van der Waals surface area contributed by atoms with Crippen LogP contribution in [0.1, 0.15) is 12.5 Å². The number of aryl methyl sites for hydroxylation is 1. The van der Waals surface area contributed by atoms with E-state index in [9.17, 15) is 26.8 Å². The number of sulfonamides is 1. The molecule has 0 atom stereocenters. The molecule has 1 aliphatic rings. The largest absolute Gasteiger partial charge is 0.340 e. The van der Waals surface area contributed by atoms with Crippen LogP contribution >= 0.6 is 0 Å². The maximum atomic E-state index is 13.8. The Bertz CT molecular complexity index is 1880. The van der Waals surface area contributed by atoms with Gasteiger partial charge >= 0.3 is 5.69 Å². The van der Waals surface area contributed by atoms with Crippen LogP contribution < -0.4 is 16.1 Å². The summed E-state index contributed by atoms with van der Waals surface area (Å²) >= 11 is 0. The van der Waals surface area contributed by atoms with Crippen LogP contribution in [0.2, 0.25) is 0 Å². The van der Waals surface area contributed by atoms with Gasteiger partial charge in [-0.2, -0.15) is 9.29 Å². The number of benzene rings is 2. The molecule has 10 nitrogen and oxygen atoms in total. The smallest absolute Gasteiger partial charge is 0.332 e. The molecule has 3 heterocycles. The van der Waals surface area contributed by atoms with Gasteiger partial charge in [0.15, 0.2) is 22.8 Å². The fourth-order valence-electron chi connectivity index (χ4n) is 4.74. The van der Waals surface area contributed by atoms with Gasteiger partial charge in [-0.3, -0.25) is 18.5 Å². The number of piperazine rings is 1. The van der Waals surface area contributed by atoms with E-state index in [4.69, 9.17) is 0 Å². The number of nitrogens with zero attached hydrogens (tertiary/aromatic N) is 6. The van der Waals surface area contributed by atoms with Crippen molar-refractivity contribution in [2.24, 2.45) is 7.05 Å². The van der Waals surface area contributed by atoms with E-state index in [1.54, 1.807) is 41.8 Å². The minimum Gasteiger partial charge on any atom is -0.340 e. The SMILES string of the molecule is CC#CCn1c(N2CCN(S(=O)(=O)c3ccccc3)CC2)nc2c1c(=O)n(Cc1ccc(F)c(F)c1)c(=O)n2C. The van der Waals surface area contributed by atoms with Crippen molar-refractivity contribution < 1.29 is 17.2 Å². The number of aromatic nitrogens is 4. The van der Waals surface area contributed by atoms with Crippen molar-refractivity contribution in [3.8, 4) is 11.8 Å². The second-order valence-corrected chi connectivity index (χ2v) is 11.2. The molecule has 0 N–H and O–H groups in total. The van der Waals surface area contributed by atoms with Crippen LogP contribution in [0, 0.1) is 23.5 Å². The molecular formula is C27H26F2N6O4S. The molecule has 0 radical (unpaired) electrons. The predicted molar refractivity (Wildman–Crippen MR) is 146 cm³/mol. The lowest BCUT2D eigenvalue weighted by Crippen LogP contribution is -2.49. The number of imidazole rings is 1. The van der Waals surface area contributed by atoms with E-state index < -0.39 is 32.9 Å². The lowest BCUT2D eigenvalue weighted by Gasteiger charge is -2.34. The summed E-state index contributed by atoms with van der Waals surface area (Å²) in [6.07, 6.45) is 0. The van der Waals surface area contributed by atoms with Gasteiger partial charge in [-0.25, -0.2) is 22.0 Å². The van der Waals surface area contributed by atoms with Gasteiger partial charge in [0.25, 0.3) is 5.56 Å². The number of halogens is 2. The van der Waals surface area contributed by atoms with Gasteiger partial charge in [-0.05, 0) is 36.8 Å². The number of rotatable bonds is 6. The molecule has 2 aromatic carbocycles. The van der Waals surface area contributed by atoms with Crippen LogP contribution in [0.3, 0.4) is 0 Å². The summed E-state index contributed by atoms with van der Waals surface area (Å²) in [5.41, 5.74) is -0.804. The third-order valence-corrected chi connectivity index (χ3v) is 8.77. The van der Waals surface area contributed by atoms with Gasteiger partial charge < -0.3 is 4.90 Å². The Kier molecular flexibility index (Phi) is 7.31. The molecule has 40 heavy (non-hydrogen) atoms. The zero-order valence-electron chi connectivity index (χ0n) is 21.8. The molecule has 0 amide bonds. The highest BCUT2D eigenvalue weighted by molar-refractivity contribution is 7.89. The molecule has 0 aliphatic carbocycles. The van der Waals surface area contributed by atoms with Gasteiger partial charge in [0, 0.05) is 33.2 Å². The number of anilines is 1. The van der Waals surface area contributed by atoms with Crippen LogP contribution in [0.4, 0.5) is 14.7 Å². The number of hydrogen-bond donors (Lipinski definition) is 0. The minimum absolute atomic E-state index is 0.101. The van der Waals surface area contributed by atoms with Gasteiger partial charge in [0.1, 0.15) is 0 Å². The highest BCUT2D eigenvalue weighted by Gasteiger charge is 2.31. The Morgan fingerprint density at radius 2 is 1.65 bits per heavy atom. The Hall–Kier alpha value is -4.28. The lowest BCUT2D eigenvalue weighted by atomic mass is 10.2. The topological polar surface area (TPSA) is 102 Å². The monoisotopic (exact) mass is 568 g/mol. The highest BCUT2D eigenvalue weighted by atomic mass is 32.2. The number of fused-ring (bicyclic) bond motifs is 1. The van der Waals surface area contributed by atoms with E-state index >= 15 is 0 Å². The summed E-state index contributed by atoms with van der Waals surface area (Å²) in [6.45, 7) is 2.47. The molecule has 208 valence electrons. The van der Waals surface area contributed by atoms with Crippen molar-refractivity contribution in [3.63, 3.8) is 0 Å². The molecule has 1 aliphatic heterocycles. The summed E-state index contributed by atoms with van der Waals surface area (Å²) in [5, 5.41) is 0. The van der Waals surface area contributed by atoms with Crippen LogP contribution in [0.5, 0.6) is 0 Å². The van der Waals surface area contributed by atoms with Crippen molar-refractivity contribution in [2.45, 2.75) is 24.9 Å². The Labute approximate surface area is 228 Å². The number of hydrogen-bond acceptors (Lipinski definition) is 6. The fraction of sp³-hybridized carbons (Fsp3) is 0.296. The molecule has 5 rings (SSSR count). The summed E-state index contributed by atoms with van der Waals surface area (Å²) in [6, 6.07) is 11.4. The van der Waals surface area contributed by atoms with E-state index in [1.165, 1.54) is 22.0 Å². The predicted octanol–water partition coefficient (Wildman–Crippen LogP) is 1.76. The maximum Gasteiger partial charge on any atom is 0.332 e. The van der Waals surface area contributed by atoms with Crippen LogP contribution in [0.25, 0.3) is 11.2 Å². The van der Waals surface area contributed by atoms with Gasteiger partial charge in [-0.1, -0.05) is 30.2 Å². The molecule has 0 bridgehead atoms. The van der Waals surface area contributed by atoms with Crippen LogP contribution in [-0.4, -0.2) is 57.6 Å². The standard InChI is InChI=1S/C27H26F2N6O4S/c1-3-4-12-34-23-24(31(2)27(37)35(25(23)36)18-19-10-11-21(28)22(29)17-19)30-26(34)32-13-15-33(16-14-32)40(38,39)20-8-6-5-7-9-20/h5-11,17H,12-16,18H2,1-2H3. The third-order valence-electron chi connectivity index (χ3n) is 6.85. The normalized spacial score (nSPS) is 14.3. The highest BCUT2D eigenvalue weighted by Crippen LogP contribution is 2.23. The van der Waals surface area contributed by atoms with E-state index in [0.717, 1.165) is 16.7 Å². The average molecular weight is 569 g/mol. The van der Waals surface area contributed by atoms with Crippen LogP contribution in [-0.2, 0) is 30.2 Å². The van der Waals surface area contributed by atoms with E-state index in [2.05, 4.69) is 16.8 Å². The van der Waals surface area contributed by atoms with E-state index in [1.807, 2.05) is 4.90 Å². The first kappa shape index (κ1) is 27.3. The zero-order valence-corrected chi connectivity index (χ0v) is 22.7. The Morgan fingerprint density at radius 3 is 2.30 bits per heavy atom. The van der Waals surface area contributed by atoms with Crippen molar-refractivity contribution in [1.29, 1.82) is 0 Å². The van der Waals surface area contributed by atoms with Gasteiger partial charge in [-0.15, -0.1) is 5.92 Å². The molecule has 0 saturated carbocycles. The maximum absolute atomic E-state index is 13.8. The second kappa shape index (κ2) is 10.7. The molecule has 13 heteroatoms. The summed E-state index contributed by atoms with van der Waals surface area (Å²) in [4.78, 5) is 33.5. The Morgan fingerprint density at radius 1 is 0.950 bits per heavy atom. The first-order chi connectivity index (χ1) is 19.1. The average Bonchev–Trinajstić information content (AvgIpc) is 3.35. The van der Waals surface area contributed by atoms with Crippen molar-refractivity contribution >= 4 is 27.1 Å². The summed E-state index contributed by atoms with van der Waals surface area (Å²) in [7, 11) is -2.19. The van der Waals surface area contributed by atoms with E-state index in [0.29, 0.717) is 19.0 Å². The summed E-state index contributed by atoms with van der Waals surface area (Å²) in [5.74, 6) is 4.00.